The van der Waals surface area contributed by atoms with Gasteiger partial charge in [0.25, 0.3) is 5.91 Å². The van der Waals surface area contributed by atoms with E-state index in [1.807, 2.05) is 19.1 Å². The van der Waals surface area contributed by atoms with E-state index in [4.69, 9.17) is 4.74 Å². The first-order valence-corrected chi connectivity index (χ1v) is 9.33. The van der Waals surface area contributed by atoms with Crippen LogP contribution in [0.25, 0.3) is 10.9 Å². The minimum absolute atomic E-state index is 0.0984. The van der Waals surface area contributed by atoms with Gasteiger partial charge < -0.3 is 9.84 Å². The molecule has 3 rings (SSSR count). The number of carbonyl (C=O) groups is 2. The lowest BCUT2D eigenvalue weighted by Crippen LogP contribution is -2.25. The standard InChI is InChI=1S/C23H24FNO4/c1-13-6-8-15(9-7-13)22(28)25-14(2)16(11-21(27)29-23(3,4)5)17-10-20(26)18(24)12-19(17)25/h6-10,12,26H,11H2,1-5H3. The molecule has 1 aromatic heterocycles. The maximum Gasteiger partial charge on any atom is 0.310 e. The van der Waals surface area contributed by atoms with Gasteiger partial charge >= 0.3 is 5.97 Å². The van der Waals surface area contributed by atoms with Crippen LogP contribution >= 0.6 is 0 Å². The van der Waals surface area contributed by atoms with E-state index >= 15 is 0 Å². The van der Waals surface area contributed by atoms with Crippen molar-refractivity contribution >= 4 is 22.8 Å². The molecule has 0 unspecified atom stereocenters. The molecule has 152 valence electrons. The molecular weight excluding hydrogens is 373 g/mol. The zero-order valence-corrected chi connectivity index (χ0v) is 17.2. The number of aryl methyl sites for hydroxylation is 1. The Morgan fingerprint density at radius 1 is 1.10 bits per heavy atom. The van der Waals surface area contributed by atoms with Crippen LogP contribution in [0.5, 0.6) is 5.75 Å². The minimum atomic E-state index is -0.836. The molecular formula is C23H24FNO4. The monoisotopic (exact) mass is 397 g/mol. The smallest absolute Gasteiger partial charge is 0.310 e. The van der Waals surface area contributed by atoms with Crippen molar-refractivity contribution in [2.45, 2.75) is 46.6 Å². The van der Waals surface area contributed by atoms with Crippen molar-refractivity contribution in [1.82, 2.24) is 4.57 Å². The molecule has 1 heterocycles. The molecule has 1 N–H and O–H groups in total. The molecule has 0 bridgehead atoms. The highest BCUT2D eigenvalue weighted by Crippen LogP contribution is 2.32. The number of hydrogen-bond donors (Lipinski definition) is 1. The second kappa shape index (κ2) is 7.35. The van der Waals surface area contributed by atoms with Gasteiger partial charge in [0.15, 0.2) is 11.6 Å². The molecule has 0 radical (unpaired) electrons. The van der Waals surface area contributed by atoms with Crippen LogP contribution in [-0.2, 0) is 16.0 Å². The summed E-state index contributed by atoms with van der Waals surface area (Å²) in [6.07, 6.45) is -0.0984. The lowest BCUT2D eigenvalue weighted by Gasteiger charge is -2.19. The van der Waals surface area contributed by atoms with Crippen molar-refractivity contribution in [3.8, 4) is 5.75 Å². The summed E-state index contributed by atoms with van der Waals surface area (Å²) in [5, 5.41) is 10.3. The van der Waals surface area contributed by atoms with Gasteiger partial charge in [0, 0.05) is 22.7 Å². The van der Waals surface area contributed by atoms with Gasteiger partial charge in [-0.15, -0.1) is 0 Å². The Kier molecular flexibility index (Phi) is 5.22. The number of aromatic hydroxyl groups is 1. The average Bonchev–Trinajstić information content (AvgIpc) is 2.85. The molecule has 0 saturated heterocycles. The molecule has 0 amide bonds. The number of carbonyl (C=O) groups excluding carboxylic acids is 2. The maximum atomic E-state index is 14.1. The summed E-state index contributed by atoms with van der Waals surface area (Å²) in [6.45, 7) is 8.91. The number of halogens is 1. The summed E-state index contributed by atoms with van der Waals surface area (Å²) in [5.41, 5.74) is 2.11. The van der Waals surface area contributed by atoms with Crippen molar-refractivity contribution in [3.05, 3.63) is 64.6 Å². The highest BCUT2D eigenvalue weighted by Gasteiger charge is 2.25. The van der Waals surface area contributed by atoms with Crippen molar-refractivity contribution < 1.29 is 23.8 Å². The number of phenols is 1. The van der Waals surface area contributed by atoms with Crippen LogP contribution in [0.15, 0.2) is 36.4 Å². The van der Waals surface area contributed by atoms with Crippen LogP contribution in [0, 0.1) is 19.7 Å². The van der Waals surface area contributed by atoms with E-state index in [-0.39, 0.29) is 12.3 Å². The highest BCUT2D eigenvalue weighted by molar-refractivity contribution is 6.05. The Balaban J connectivity index is 2.16. The van der Waals surface area contributed by atoms with Gasteiger partial charge in [0.1, 0.15) is 5.60 Å². The summed E-state index contributed by atoms with van der Waals surface area (Å²) < 4.78 is 20.9. The zero-order valence-electron chi connectivity index (χ0n) is 17.2. The van der Waals surface area contributed by atoms with Gasteiger partial charge in [-0.1, -0.05) is 17.7 Å². The van der Waals surface area contributed by atoms with E-state index in [0.717, 1.165) is 11.6 Å². The third-order valence-corrected chi connectivity index (χ3v) is 4.65. The number of benzene rings is 2. The summed E-state index contributed by atoms with van der Waals surface area (Å²) in [4.78, 5) is 25.6. The third-order valence-electron chi connectivity index (χ3n) is 4.65. The van der Waals surface area contributed by atoms with Crippen LogP contribution < -0.4 is 0 Å². The fraction of sp³-hybridized carbons (Fsp3) is 0.304. The van der Waals surface area contributed by atoms with Crippen LogP contribution in [0.2, 0.25) is 0 Å². The van der Waals surface area contributed by atoms with Crippen LogP contribution in [0.1, 0.15) is 48.0 Å². The van der Waals surface area contributed by atoms with Gasteiger partial charge in [0.05, 0.1) is 11.9 Å². The first-order chi connectivity index (χ1) is 13.5. The highest BCUT2D eigenvalue weighted by atomic mass is 19.1. The zero-order chi connectivity index (χ0) is 21.5. The molecule has 0 saturated carbocycles. The topological polar surface area (TPSA) is 68.5 Å². The molecule has 0 atom stereocenters. The van der Waals surface area contributed by atoms with Gasteiger partial charge in [0.2, 0.25) is 0 Å². The maximum absolute atomic E-state index is 14.1. The molecule has 3 aromatic rings. The molecule has 6 heteroatoms. The number of aromatic nitrogens is 1. The predicted molar refractivity (Wildman–Crippen MR) is 109 cm³/mol. The number of hydrogen-bond acceptors (Lipinski definition) is 4. The number of rotatable bonds is 3. The number of ether oxygens (including phenoxy) is 1. The Morgan fingerprint density at radius 2 is 1.72 bits per heavy atom. The first-order valence-electron chi connectivity index (χ1n) is 9.33. The Bertz CT molecular complexity index is 1100. The lowest BCUT2D eigenvalue weighted by atomic mass is 10.1. The van der Waals surface area contributed by atoms with E-state index in [1.54, 1.807) is 39.8 Å². The number of nitrogens with zero attached hydrogens (tertiary/aromatic N) is 1. The van der Waals surface area contributed by atoms with E-state index in [0.29, 0.717) is 27.7 Å². The van der Waals surface area contributed by atoms with Gasteiger partial charge in [-0.25, -0.2) is 4.39 Å². The summed E-state index contributed by atoms with van der Waals surface area (Å²) >= 11 is 0. The summed E-state index contributed by atoms with van der Waals surface area (Å²) in [5.74, 6) is -2.18. The molecule has 29 heavy (non-hydrogen) atoms. The number of phenolic OH excluding ortho intramolecular Hbond substituents is 1. The van der Waals surface area contributed by atoms with Crippen molar-refractivity contribution in [1.29, 1.82) is 0 Å². The molecule has 0 aliphatic rings. The van der Waals surface area contributed by atoms with E-state index < -0.39 is 23.1 Å². The van der Waals surface area contributed by atoms with Crippen molar-refractivity contribution in [3.63, 3.8) is 0 Å². The second-order valence-corrected chi connectivity index (χ2v) is 8.15. The van der Waals surface area contributed by atoms with Gasteiger partial charge in [-0.3, -0.25) is 14.2 Å². The summed E-state index contributed by atoms with van der Waals surface area (Å²) in [7, 11) is 0. The van der Waals surface area contributed by atoms with Gasteiger partial charge in [-0.2, -0.15) is 0 Å². The minimum Gasteiger partial charge on any atom is -0.505 e. The van der Waals surface area contributed by atoms with Crippen LogP contribution in [0.3, 0.4) is 0 Å². The second-order valence-electron chi connectivity index (χ2n) is 8.15. The van der Waals surface area contributed by atoms with Crippen molar-refractivity contribution in [2.75, 3.05) is 0 Å². The molecule has 0 spiro atoms. The quantitative estimate of drug-likeness (QED) is 0.652. The molecule has 0 aliphatic carbocycles. The number of esters is 1. The number of fused-ring (bicyclic) bond motifs is 1. The van der Waals surface area contributed by atoms with E-state index in [2.05, 4.69) is 0 Å². The van der Waals surface area contributed by atoms with E-state index in [1.165, 1.54) is 10.6 Å². The summed E-state index contributed by atoms with van der Waals surface area (Å²) in [6, 6.07) is 9.41. The third kappa shape index (κ3) is 4.16. The Labute approximate surface area is 168 Å². The molecule has 5 nitrogen and oxygen atoms in total. The largest absolute Gasteiger partial charge is 0.505 e. The van der Waals surface area contributed by atoms with Gasteiger partial charge in [-0.05, 0) is 58.4 Å². The SMILES string of the molecule is Cc1ccc(C(=O)n2c(C)c(CC(=O)OC(C)(C)C)c3cc(O)c(F)cc32)cc1. The fourth-order valence-corrected chi connectivity index (χ4v) is 3.32. The normalized spacial score (nSPS) is 11.7. The van der Waals surface area contributed by atoms with E-state index in [9.17, 15) is 19.1 Å². The molecule has 2 aromatic carbocycles. The van der Waals surface area contributed by atoms with Crippen LogP contribution in [-0.4, -0.2) is 27.2 Å². The fourth-order valence-electron chi connectivity index (χ4n) is 3.32. The average molecular weight is 397 g/mol. The predicted octanol–water partition coefficient (Wildman–Crippen LogP) is 4.68. The first kappa shape index (κ1) is 20.6. The Morgan fingerprint density at radius 3 is 2.31 bits per heavy atom. The van der Waals surface area contributed by atoms with Crippen molar-refractivity contribution in [2.24, 2.45) is 0 Å². The molecule has 0 fully saturated rings. The lowest BCUT2D eigenvalue weighted by molar-refractivity contribution is -0.153. The Hall–Kier alpha value is -3.15. The molecule has 0 aliphatic heterocycles. The van der Waals surface area contributed by atoms with Crippen LogP contribution in [0.4, 0.5) is 4.39 Å².